The van der Waals surface area contributed by atoms with Crippen molar-refractivity contribution >= 4 is 15.9 Å². The molecule has 120 valence electrons. The Balaban J connectivity index is 1.77. The van der Waals surface area contributed by atoms with E-state index >= 15 is 0 Å². The van der Waals surface area contributed by atoms with E-state index in [2.05, 4.69) is 0 Å². The van der Waals surface area contributed by atoms with Gasteiger partial charge in [-0.15, -0.1) is 0 Å². The van der Waals surface area contributed by atoms with Crippen LogP contribution in [0, 0.1) is 0 Å². The zero-order chi connectivity index (χ0) is 15.1. The van der Waals surface area contributed by atoms with Gasteiger partial charge in [-0.3, -0.25) is 4.79 Å². The van der Waals surface area contributed by atoms with E-state index in [-0.39, 0.29) is 17.6 Å². The van der Waals surface area contributed by atoms with E-state index in [0.29, 0.717) is 19.7 Å². The van der Waals surface area contributed by atoms with Crippen molar-refractivity contribution in [3.8, 4) is 0 Å². The lowest BCUT2D eigenvalue weighted by Crippen LogP contribution is -2.59. The van der Waals surface area contributed by atoms with E-state index in [4.69, 9.17) is 4.74 Å². The lowest BCUT2D eigenvalue weighted by molar-refractivity contribution is -0.144. The molecule has 3 fully saturated rings. The first-order chi connectivity index (χ1) is 9.92. The smallest absolute Gasteiger partial charge is 0.251 e. The Kier molecular flexibility index (Phi) is 4.00. The second kappa shape index (κ2) is 5.52. The molecule has 3 saturated heterocycles. The first kappa shape index (κ1) is 15.2. The van der Waals surface area contributed by atoms with E-state index < -0.39 is 10.0 Å². The third-order valence-electron chi connectivity index (χ3n) is 5.00. The summed E-state index contributed by atoms with van der Waals surface area (Å²) in [5.74, 6) is 0.0481. The Morgan fingerprint density at radius 3 is 2.52 bits per heavy atom. The molecule has 1 amide bonds. The van der Waals surface area contributed by atoms with Crippen LogP contribution in [0.25, 0.3) is 0 Å². The highest BCUT2D eigenvalue weighted by molar-refractivity contribution is 7.88. The van der Waals surface area contributed by atoms with Crippen molar-refractivity contribution in [1.29, 1.82) is 0 Å². The number of carbonyl (C=O) groups excluding carboxylic acids is 1. The van der Waals surface area contributed by atoms with E-state index in [0.717, 1.165) is 45.1 Å². The fourth-order valence-electron chi connectivity index (χ4n) is 4.12. The summed E-state index contributed by atoms with van der Waals surface area (Å²) < 4.78 is 31.2. The lowest BCUT2D eigenvalue weighted by atomic mass is 9.87. The van der Waals surface area contributed by atoms with Crippen LogP contribution in [0.2, 0.25) is 0 Å². The van der Waals surface area contributed by atoms with Crippen LogP contribution in [0.1, 0.15) is 38.5 Å². The SMILES string of the molecule is CS(=O)(=O)N1CCC[C@]12CCCN(C(=O)[C@H]1CCCO1)C2. The molecule has 3 aliphatic heterocycles. The topological polar surface area (TPSA) is 66.9 Å². The fraction of sp³-hybridized carbons (Fsp3) is 0.929. The maximum Gasteiger partial charge on any atom is 0.251 e. The van der Waals surface area contributed by atoms with E-state index in [1.54, 1.807) is 4.31 Å². The van der Waals surface area contributed by atoms with Crippen molar-refractivity contribution in [3.05, 3.63) is 0 Å². The summed E-state index contributed by atoms with van der Waals surface area (Å²) in [5.41, 5.74) is -0.375. The van der Waals surface area contributed by atoms with Crippen molar-refractivity contribution in [2.75, 3.05) is 32.5 Å². The number of piperidine rings is 1. The molecule has 0 saturated carbocycles. The van der Waals surface area contributed by atoms with Gasteiger partial charge in [0.25, 0.3) is 5.91 Å². The molecule has 0 aliphatic carbocycles. The van der Waals surface area contributed by atoms with Crippen LogP contribution in [0.5, 0.6) is 0 Å². The summed E-state index contributed by atoms with van der Waals surface area (Å²) in [7, 11) is -3.21. The quantitative estimate of drug-likeness (QED) is 0.747. The highest BCUT2D eigenvalue weighted by atomic mass is 32.2. The van der Waals surface area contributed by atoms with Gasteiger partial charge in [-0.25, -0.2) is 8.42 Å². The van der Waals surface area contributed by atoms with Crippen LogP contribution in [0.3, 0.4) is 0 Å². The minimum absolute atomic E-state index is 0.0481. The van der Waals surface area contributed by atoms with Crippen molar-refractivity contribution in [1.82, 2.24) is 9.21 Å². The van der Waals surface area contributed by atoms with Gasteiger partial charge in [-0.05, 0) is 38.5 Å². The first-order valence-corrected chi connectivity index (χ1v) is 9.65. The summed E-state index contributed by atoms with van der Waals surface area (Å²) in [4.78, 5) is 14.4. The minimum Gasteiger partial charge on any atom is -0.368 e. The molecule has 0 bridgehead atoms. The van der Waals surface area contributed by atoms with Crippen LogP contribution in [-0.4, -0.2) is 67.7 Å². The molecule has 21 heavy (non-hydrogen) atoms. The van der Waals surface area contributed by atoms with Crippen molar-refractivity contribution in [2.45, 2.75) is 50.2 Å². The normalized spacial score (nSPS) is 34.7. The lowest BCUT2D eigenvalue weighted by Gasteiger charge is -2.45. The molecule has 0 aromatic heterocycles. The van der Waals surface area contributed by atoms with Crippen LogP contribution < -0.4 is 0 Å². The molecule has 0 radical (unpaired) electrons. The first-order valence-electron chi connectivity index (χ1n) is 7.81. The molecular weight excluding hydrogens is 292 g/mol. The van der Waals surface area contributed by atoms with E-state index in [1.807, 2.05) is 4.90 Å². The largest absolute Gasteiger partial charge is 0.368 e. The van der Waals surface area contributed by atoms with Crippen LogP contribution in [0.15, 0.2) is 0 Å². The van der Waals surface area contributed by atoms with Crippen molar-refractivity contribution in [3.63, 3.8) is 0 Å². The average molecular weight is 316 g/mol. The molecule has 1 spiro atoms. The third-order valence-corrected chi connectivity index (χ3v) is 6.38. The molecule has 7 heteroatoms. The van der Waals surface area contributed by atoms with Crippen LogP contribution in [0.4, 0.5) is 0 Å². The summed E-state index contributed by atoms with van der Waals surface area (Å²) in [5, 5.41) is 0. The average Bonchev–Trinajstić information content (AvgIpc) is 3.07. The summed E-state index contributed by atoms with van der Waals surface area (Å²) >= 11 is 0. The van der Waals surface area contributed by atoms with Gasteiger partial charge < -0.3 is 9.64 Å². The molecule has 0 aromatic rings. The van der Waals surface area contributed by atoms with Gasteiger partial charge in [-0.2, -0.15) is 4.31 Å². The number of hydrogen-bond donors (Lipinski definition) is 0. The minimum atomic E-state index is -3.21. The summed E-state index contributed by atoms with van der Waals surface area (Å²) in [6, 6.07) is 0. The molecule has 0 aromatic carbocycles. The van der Waals surface area contributed by atoms with Gasteiger partial charge in [0.1, 0.15) is 6.10 Å². The predicted molar refractivity (Wildman–Crippen MR) is 78.3 cm³/mol. The number of amides is 1. The number of sulfonamides is 1. The number of likely N-dealkylation sites (tertiary alicyclic amines) is 1. The Morgan fingerprint density at radius 2 is 1.90 bits per heavy atom. The Morgan fingerprint density at radius 1 is 1.19 bits per heavy atom. The van der Waals surface area contributed by atoms with E-state index in [9.17, 15) is 13.2 Å². The maximum atomic E-state index is 12.5. The monoisotopic (exact) mass is 316 g/mol. The molecule has 3 heterocycles. The second-order valence-electron chi connectivity index (χ2n) is 6.53. The Labute approximate surface area is 126 Å². The van der Waals surface area contributed by atoms with Gasteiger partial charge in [0, 0.05) is 26.2 Å². The maximum absolute atomic E-state index is 12.5. The number of nitrogens with zero attached hydrogens (tertiary/aromatic N) is 2. The predicted octanol–water partition coefficient (Wildman–Crippen LogP) is 0.582. The number of hydrogen-bond acceptors (Lipinski definition) is 4. The zero-order valence-electron chi connectivity index (χ0n) is 12.6. The molecular formula is C14H24N2O4S. The second-order valence-corrected chi connectivity index (χ2v) is 8.43. The fourth-order valence-corrected chi connectivity index (χ4v) is 5.52. The highest BCUT2D eigenvalue weighted by Gasteiger charge is 2.49. The number of carbonyl (C=O) groups is 1. The molecule has 0 unspecified atom stereocenters. The van der Waals surface area contributed by atoms with Crippen LogP contribution in [-0.2, 0) is 19.6 Å². The Bertz CT molecular complexity index is 515. The van der Waals surface area contributed by atoms with Gasteiger partial charge in [-0.1, -0.05) is 0 Å². The summed E-state index contributed by atoms with van der Waals surface area (Å²) in [6.45, 7) is 2.49. The highest BCUT2D eigenvalue weighted by Crippen LogP contribution is 2.39. The number of rotatable bonds is 2. The summed E-state index contributed by atoms with van der Waals surface area (Å²) in [6.07, 6.45) is 6.15. The Hall–Kier alpha value is -0.660. The zero-order valence-corrected chi connectivity index (χ0v) is 13.4. The third kappa shape index (κ3) is 2.83. The van der Waals surface area contributed by atoms with E-state index in [1.165, 1.54) is 6.26 Å². The molecule has 2 atom stereocenters. The molecule has 0 N–H and O–H groups in total. The standard InChI is InChI=1S/C14H24N2O4S/c1-21(18,19)16-9-4-7-14(16)6-3-8-15(11-14)13(17)12-5-2-10-20-12/h12H,2-11H2,1H3/t12-,14+/m1/s1. The molecule has 3 rings (SSSR count). The van der Waals surface area contributed by atoms with Crippen molar-refractivity contribution < 1.29 is 17.9 Å². The molecule has 6 nitrogen and oxygen atoms in total. The van der Waals surface area contributed by atoms with Gasteiger partial charge in [0.05, 0.1) is 11.8 Å². The van der Waals surface area contributed by atoms with Gasteiger partial charge >= 0.3 is 0 Å². The van der Waals surface area contributed by atoms with Crippen LogP contribution >= 0.6 is 0 Å². The molecule has 3 aliphatic rings. The van der Waals surface area contributed by atoms with Gasteiger partial charge in [0.2, 0.25) is 10.0 Å². The van der Waals surface area contributed by atoms with Crippen molar-refractivity contribution in [2.24, 2.45) is 0 Å². The number of ether oxygens (including phenoxy) is 1. The van der Waals surface area contributed by atoms with Gasteiger partial charge in [0.15, 0.2) is 0 Å².